The fraction of sp³-hybridized carbons (Fsp3) is 0.625. The minimum absolute atomic E-state index is 0.460. The smallest absolute Gasteiger partial charge is 0.277 e. The number of amides is 4. The van der Waals surface area contributed by atoms with Crippen LogP contribution in [0.1, 0.15) is 12.8 Å². The van der Waals surface area contributed by atoms with Crippen LogP contribution >= 0.6 is 45.2 Å². The summed E-state index contributed by atoms with van der Waals surface area (Å²) in [6, 6.07) is -0.720. The van der Waals surface area contributed by atoms with Crippen molar-refractivity contribution < 1.29 is 14.4 Å². The second-order valence-electron chi connectivity index (χ2n) is 3.20. The molecule has 84 valence electrons. The van der Waals surface area contributed by atoms with Gasteiger partial charge < -0.3 is 0 Å². The van der Waals surface area contributed by atoms with Gasteiger partial charge in [0, 0.05) is 8.86 Å². The van der Waals surface area contributed by atoms with Crippen molar-refractivity contribution in [2.75, 3.05) is 8.86 Å². The van der Waals surface area contributed by atoms with Gasteiger partial charge in [0.1, 0.15) is 5.41 Å². The van der Waals surface area contributed by atoms with Gasteiger partial charge in [0.05, 0.1) is 0 Å². The lowest BCUT2D eigenvalue weighted by Crippen LogP contribution is -2.62. The molecule has 0 unspecified atom stereocenters. The molecule has 1 aliphatic rings. The van der Waals surface area contributed by atoms with E-state index in [4.69, 9.17) is 0 Å². The Morgan fingerprint density at radius 1 is 0.933 bits per heavy atom. The quantitative estimate of drug-likeness (QED) is 0.393. The van der Waals surface area contributed by atoms with Crippen molar-refractivity contribution in [2.45, 2.75) is 12.8 Å². The van der Waals surface area contributed by atoms with Crippen molar-refractivity contribution in [3.05, 3.63) is 0 Å². The number of alkyl halides is 2. The first-order valence-electron chi connectivity index (χ1n) is 4.35. The molecule has 2 N–H and O–H groups in total. The number of rotatable bonds is 4. The Labute approximate surface area is 114 Å². The second kappa shape index (κ2) is 5.41. The van der Waals surface area contributed by atoms with Crippen molar-refractivity contribution in [3.63, 3.8) is 0 Å². The first-order valence-corrected chi connectivity index (χ1v) is 7.41. The molecule has 1 fully saturated rings. The maximum Gasteiger partial charge on any atom is 0.328 e. The lowest BCUT2D eigenvalue weighted by Gasteiger charge is -2.32. The van der Waals surface area contributed by atoms with Crippen molar-refractivity contribution in [1.29, 1.82) is 0 Å². The van der Waals surface area contributed by atoms with E-state index >= 15 is 0 Å². The van der Waals surface area contributed by atoms with Crippen LogP contribution in [0.4, 0.5) is 4.79 Å². The highest BCUT2D eigenvalue weighted by Crippen LogP contribution is 2.31. The summed E-state index contributed by atoms with van der Waals surface area (Å²) in [5.41, 5.74) is -1.06. The summed E-state index contributed by atoms with van der Waals surface area (Å²) >= 11 is 4.23. The first-order chi connectivity index (χ1) is 7.06. The first kappa shape index (κ1) is 13.1. The van der Waals surface area contributed by atoms with Gasteiger partial charge in [-0.25, -0.2) is 4.79 Å². The molecule has 0 radical (unpaired) electrons. The fourth-order valence-electron chi connectivity index (χ4n) is 1.48. The number of carbonyl (C=O) groups excluding carboxylic acids is 3. The van der Waals surface area contributed by atoms with Gasteiger partial charge in [-0.2, -0.15) is 0 Å². The summed E-state index contributed by atoms with van der Waals surface area (Å²) in [5, 5.41) is 4.31. The molecule has 1 rings (SSSR count). The van der Waals surface area contributed by atoms with Gasteiger partial charge >= 0.3 is 6.03 Å². The van der Waals surface area contributed by atoms with Crippen molar-refractivity contribution in [2.24, 2.45) is 5.41 Å². The van der Waals surface area contributed by atoms with E-state index < -0.39 is 23.3 Å². The lowest BCUT2D eigenvalue weighted by atomic mass is 9.79. The molecule has 15 heavy (non-hydrogen) atoms. The summed E-state index contributed by atoms with van der Waals surface area (Å²) in [5.74, 6) is -0.936. The molecule has 0 spiro atoms. The standard InChI is InChI=1S/C8H10I2N2O3/c9-3-1-8(2-4-10)5(13)11-7(15)12-6(8)14/h1-4H2,(H2,11,12,13,14,15). The predicted molar refractivity (Wildman–Crippen MR) is 71.1 cm³/mol. The molecule has 0 aromatic rings. The van der Waals surface area contributed by atoms with E-state index in [1.807, 2.05) is 0 Å². The highest BCUT2D eigenvalue weighted by Gasteiger charge is 2.48. The minimum atomic E-state index is -1.06. The third-order valence-corrected chi connectivity index (χ3v) is 3.44. The average molecular weight is 436 g/mol. The summed E-state index contributed by atoms with van der Waals surface area (Å²) < 4.78 is 1.40. The molecule has 0 saturated carbocycles. The van der Waals surface area contributed by atoms with Crippen molar-refractivity contribution in [1.82, 2.24) is 10.6 Å². The van der Waals surface area contributed by atoms with Gasteiger partial charge in [-0.3, -0.25) is 20.2 Å². The van der Waals surface area contributed by atoms with Gasteiger partial charge in [0.2, 0.25) is 11.8 Å². The Morgan fingerprint density at radius 2 is 1.33 bits per heavy atom. The summed E-state index contributed by atoms with van der Waals surface area (Å²) in [6.45, 7) is 0. The van der Waals surface area contributed by atoms with Crippen LogP contribution in [0, 0.1) is 5.41 Å². The fourth-order valence-corrected chi connectivity index (χ4v) is 3.32. The SMILES string of the molecule is O=C1NC(=O)C(CCI)(CCI)C(=O)N1. The number of halogens is 2. The second-order valence-corrected chi connectivity index (χ2v) is 5.35. The Kier molecular flexibility index (Phi) is 4.74. The Morgan fingerprint density at radius 3 is 1.67 bits per heavy atom. The van der Waals surface area contributed by atoms with Gasteiger partial charge in [-0.15, -0.1) is 0 Å². The van der Waals surface area contributed by atoms with Crippen LogP contribution in [0.5, 0.6) is 0 Å². The number of imide groups is 2. The third kappa shape index (κ3) is 2.60. The molecular weight excluding hydrogens is 426 g/mol. The van der Waals surface area contributed by atoms with Gasteiger partial charge in [0.15, 0.2) is 0 Å². The molecular formula is C8H10I2N2O3. The van der Waals surface area contributed by atoms with Gasteiger partial charge in [0.25, 0.3) is 0 Å². The van der Waals surface area contributed by atoms with E-state index in [0.29, 0.717) is 21.7 Å². The molecule has 1 heterocycles. The average Bonchev–Trinajstić information content (AvgIpc) is 2.14. The zero-order chi connectivity index (χ0) is 11.5. The number of hydrogen-bond donors (Lipinski definition) is 2. The normalized spacial score (nSPS) is 19.7. The molecule has 5 nitrogen and oxygen atoms in total. The number of hydrogen-bond acceptors (Lipinski definition) is 3. The van der Waals surface area contributed by atoms with E-state index in [-0.39, 0.29) is 0 Å². The zero-order valence-corrected chi connectivity index (χ0v) is 12.1. The highest BCUT2D eigenvalue weighted by molar-refractivity contribution is 14.1. The van der Waals surface area contributed by atoms with E-state index in [1.54, 1.807) is 0 Å². The number of nitrogens with one attached hydrogen (secondary N) is 2. The van der Waals surface area contributed by atoms with Crippen LogP contribution in [0.3, 0.4) is 0 Å². The predicted octanol–water partition coefficient (Wildman–Crippen LogP) is 0.989. The van der Waals surface area contributed by atoms with Crippen molar-refractivity contribution in [3.8, 4) is 0 Å². The molecule has 0 bridgehead atoms. The van der Waals surface area contributed by atoms with Gasteiger partial charge in [-0.1, -0.05) is 45.2 Å². The molecule has 0 aliphatic carbocycles. The summed E-state index contributed by atoms with van der Waals surface area (Å²) in [4.78, 5) is 34.3. The van der Waals surface area contributed by atoms with Crippen molar-refractivity contribution >= 4 is 63.0 Å². The topological polar surface area (TPSA) is 75.3 Å². The molecule has 1 saturated heterocycles. The van der Waals surface area contributed by atoms with Crippen LogP contribution in [-0.2, 0) is 9.59 Å². The van der Waals surface area contributed by atoms with Crippen LogP contribution in [-0.4, -0.2) is 26.7 Å². The molecule has 4 amide bonds. The zero-order valence-electron chi connectivity index (χ0n) is 7.81. The van der Waals surface area contributed by atoms with Crippen LogP contribution < -0.4 is 10.6 Å². The third-order valence-electron chi connectivity index (χ3n) is 2.37. The monoisotopic (exact) mass is 436 g/mol. The Hall–Kier alpha value is 0.0700. The summed E-state index contributed by atoms with van der Waals surface area (Å²) in [6.07, 6.45) is 0.920. The van der Waals surface area contributed by atoms with Crippen LogP contribution in [0.25, 0.3) is 0 Å². The Balaban J connectivity index is 2.97. The van der Waals surface area contributed by atoms with E-state index in [1.165, 1.54) is 0 Å². The maximum atomic E-state index is 11.7. The molecule has 1 aliphatic heterocycles. The number of urea groups is 1. The van der Waals surface area contributed by atoms with Crippen LogP contribution in [0.2, 0.25) is 0 Å². The molecule has 0 atom stereocenters. The highest BCUT2D eigenvalue weighted by atomic mass is 127. The van der Waals surface area contributed by atoms with E-state index in [2.05, 4.69) is 55.8 Å². The van der Waals surface area contributed by atoms with Crippen LogP contribution in [0.15, 0.2) is 0 Å². The van der Waals surface area contributed by atoms with E-state index in [0.717, 1.165) is 0 Å². The Bertz CT molecular complexity index is 278. The largest absolute Gasteiger partial charge is 0.328 e. The maximum absolute atomic E-state index is 11.7. The number of carbonyl (C=O) groups is 3. The molecule has 0 aromatic carbocycles. The minimum Gasteiger partial charge on any atom is -0.277 e. The van der Waals surface area contributed by atoms with E-state index in [9.17, 15) is 14.4 Å². The molecule has 0 aromatic heterocycles. The summed E-state index contributed by atoms with van der Waals surface area (Å²) in [7, 11) is 0. The molecule has 7 heteroatoms. The lowest BCUT2D eigenvalue weighted by molar-refractivity contribution is -0.144. The van der Waals surface area contributed by atoms with Gasteiger partial charge in [-0.05, 0) is 12.8 Å². The number of barbiturate groups is 1.